The number of allylic oxidation sites excluding steroid dienone is 1. The van der Waals surface area contributed by atoms with E-state index in [9.17, 15) is 4.79 Å². The number of halogens is 1. The molecule has 0 unspecified atom stereocenters. The Kier molecular flexibility index (Phi) is 3.55. The molecule has 4 rings (SSSR count). The summed E-state index contributed by atoms with van der Waals surface area (Å²) in [6.07, 6.45) is 4.20. The lowest BCUT2D eigenvalue weighted by atomic mass is 9.88. The van der Waals surface area contributed by atoms with E-state index >= 15 is 0 Å². The highest BCUT2D eigenvalue weighted by Gasteiger charge is 2.44. The minimum Gasteiger partial charge on any atom is -0.298 e. The van der Waals surface area contributed by atoms with Crippen molar-refractivity contribution in [3.8, 4) is 0 Å². The van der Waals surface area contributed by atoms with Gasteiger partial charge in [0.2, 0.25) is 0 Å². The van der Waals surface area contributed by atoms with Crippen molar-refractivity contribution >= 4 is 44.7 Å². The third-order valence-electron chi connectivity index (χ3n) is 4.93. The molecular formula is C22H20BrNO. The molecule has 2 aliphatic heterocycles. The zero-order valence-corrected chi connectivity index (χ0v) is 16.4. The second-order valence-electron chi connectivity index (χ2n) is 7.44. The van der Waals surface area contributed by atoms with Crippen molar-refractivity contribution in [2.45, 2.75) is 33.2 Å². The van der Waals surface area contributed by atoms with Crippen LogP contribution in [0.2, 0.25) is 0 Å². The number of nitrogens with zero attached hydrogens (tertiary/aromatic N) is 1. The summed E-state index contributed by atoms with van der Waals surface area (Å²) >= 11 is 3.51. The van der Waals surface area contributed by atoms with Gasteiger partial charge in [-0.25, -0.2) is 0 Å². The lowest BCUT2D eigenvalue weighted by Gasteiger charge is -2.38. The fourth-order valence-electron chi connectivity index (χ4n) is 3.99. The minimum absolute atomic E-state index is 0.0792. The molecule has 0 radical (unpaired) electrons. The van der Waals surface area contributed by atoms with E-state index in [0.717, 1.165) is 26.9 Å². The van der Waals surface area contributed by atoms with Gasteiger partial charge in [0, 0.05) is 21.2 Å². The van der Waals surface area contributed by atoms with E-state index in [2.05, 4.69) is 61.8 Å². The topological polar surface area (TPSA) is 20.3 Å². The Morgan fingerprint density at radius 1 is 1.08 bits per heavy atom. The number of hydrogen-bond donors (Lipinski definition) is 0. The molecule has 3 heteroatoms. The first kappa shape index (κ1) is 16.3. The van der Waals surface area contributed by atoms with Gasteiger partial charge in [0.05, 0.1) is 11.2 Å². The Morgan fingerprint density at radius 3 is 2.52 bits per heavy atom. The molecule has 1 amide bonds. The zero-order valence-electron chi connectivity index (χ0n) is 14.9. The smallest absolute Gasteiger partial charge is 0.259 e. The molecule has 2 aliphatic rings. The van der Waals surface area contributed by atoms with Crippen LogP contribution in [0.25, 0.3) is 17.2 Å². The van der Waals surface area contributed by atoms with Gasteiger partial charge in [-0.3, -0.25) is 9.69 Å². The van der Waals surface area contributed by atoms with Crippen LogP contribution in [0.5, 0.6) is 0 Å². The van der Waals surface area contributed by atoms with Crippen molar-refractivity contribution in [3.63, 3.8) is 0 Å². The van der Waals surface area contributed by atoms with E-state index in [1.807, 2.05) is 35.2 Å². The largest absolute Gasteiger partial charge is 0.298 e. The number of rotatable bonds is 1. The van der Waals surface area contributed by atoms with Crippen LogP contribution in [-0.4, -0.2) is 11.4 Å². The van der Waals surface area contributed by atoms with Crippen LogP contribution in [0.4, 0.5) is 5.69 Å². The van der Waals surface area contributed by atoms with Gasteiger partial charge >= 0.3 is 0 Å². The van der Waals surface area contributed by atoms with E-state index < -0.39 is 0 Å². The number of benzene rings is 2. The fraction of sp³-hybridized carbons (Fsp3) is 0.227. The van der Waals surface area contributed by atoms with Crippen molar-refractivity contribution in [1.29, 1.82) is 0 Å². The second-order valence-corrected chi connectivity index (χ2v) is 8.36. The molecular weight excluding hydrogens is 374 g/mol. The predicted molar refractivity (Wildman–Crippen MR) is 108 cm³/mol. The molecule has 0 saturated carbocycles. The molecule has 0 aromatic heterocycles. The van der Waals surface area contributed by atoms with Crippen molar-refractivity contribution in [2.24, 2.45) is 0 Å². The molecule has 2 heterocycles. The standard InChI is InChI=1S/C22H20BrNO/c1-13-8-17-14(2)12-22(3,4)24-20(17)18(9-13)19(21(24)25)11-15-6-5-7-16(23)10-15/h5-12H,1-4H3/b19-11+. The Balaban J connectivity index is 1.99. The van der Waals surface area contributed by atoms with E-state index in [1.54, 1.807) is 0 Å². The first-order chi connectivity index (χ1) is 11.8. The van der Waals surface area contributed by atoms with Gasteiger partial charge < -0.3 is 0 Å². The lowest BCUT2D eigenvalue weighted by molar-refractivity contribution is -0.113. The Hall–Kier alpha value is -2.13. The number of carbonyl (C=O) groups is 1. The third-order valence-corrected chi connectivity index (χ3v) is 5.43. The van der Waals surface area contributed by atoms with Crippen LogP contribution < -0.4 is 4.90 Å². The molecule has 0 atom stereocenters. The Bertz CT molecular complexity index is 982. The average Bonchev–Trinajstić information content (AvgIpc) is 2.78. The minimum atomic E-state index is -0.328. The first-order valence-corrected chi connectivity index (χ1v) is 9.24. The maximum absolute atomic E-state index is 13.3. The van der Waals surface area contributed by atoms with Gasteiger partial charge in [0.25, 0.3) is 5.91 Å². The molecule has 0 spiro atoms. The number of anilines is 1. The highest BCUT2D eigenvalue weighted by atomic mass is 79.9. The summed E-state index contributed by atoms with van der Waals surface area (Å²) in [7, 11) is 0. The van der Waals surface area contributed by atoms with Crippen molar-refractivity contribution in [1.82, 2.24) is 0 Å². The van der Waals surface area contributed by atoms with Crippen LogP contribution in [0.1, 0.15) is 43.0 Å². The summed E-state index contributed by atoms with van der Waals surface area (Å²) in [5, 5.41) is 0. The van der Waals surface area contributed by atoms with Gasteiger partial charge in [0.15, 0.2) is 0 Å². The van der Waals surface area contributed by atoms with Gasteiger partial charge in [-0.1, -0.05) is 34.1 Å². The monoisotopic (exact) mass is 393 g/mol. The van der Waals surface area contributed by atoms with Crippen molar-refractivity contribution < 1.29 is 4.79 Å². The SMILES string of the molecule is CC1=CC(C)(C)N2C(=O)/C(=C/c3cccc(Br)c3)c3cc(C)cc1c32. The highest BCUT2D eigenvalue weighted by molar-refractivity contribution is 9.10. The summed E-state index contributed by atoms with van der Waals surface area (Å²) < 4.78 is 1.01. The number of hydrogen-bond acceptors (Lipinski definition) is 1. The number of carbonyl (C=O) groups excluding carboxylic acids is 1. The fourth-order valence-corrected chi connectivity index (χ4v) is 4.40. The van der Waals surface area contributed by atoms with E-state index in [0.29, 0.717) is 0 Å². The van der Waals surface area contributed by atoms with E-state index in [-0.39, 0.29) is 11.4 Å². The number of aryl methyl sites for hydroxylation is 1. The van der Waals surface area contributed by atoms with Gasteiger partial charge in [-0.2, -0.15) is 0 Å². The van der Waals surface area contributed by atoms with Gasteiger partial charge in [-0.15, -0.1) is 0 Å². The quantitative estimate of drug-likeness (QED) is 0.557. The Morgan fingerprint density at radius 2 is 1.80 bits per heavy atom. The molecule has 0 fully saturated rings. The Labute approximate surface area is 157 Å². The van der Waals surface area contributed by atoms with Crippen LogP contribution in [0, 0.1) is 6.92 Å². The maximum atomic E-state index is 13.3. The summed E-state index contributed by atoms with van der Waals surface area (Å²) in [5.41, 5.74) is 7.14. The highest BCUT2D eigenvalue weighted by Crippen LogP contribution is 2.49. The summed E-state index contributed by atoms with van der Waals surface area (Å²) in [5.74, 6) is 0.0792. The molecule has 2 aromatic carbocycles. The predicted octanol–water partition coefficient (Wildman–Crippen LogP) is 5.84. The molecule has 126 valence electrons. The van der Waals surface area contributed by atoms with Gasteiger partial charge in [-0.05, 0) is 74.7 Å². The molecule has 2 aromatic rings. The lowest BCUT2D eigenvalue weighted by Crippen LogP contribution is -2.46. The van der Waals surface area contributed by atoms with E-state index in [1.165, 1.54) is 16.7 Å². The van der Waals surface area contributed by atoms with Crippen LogP contribution in [0.15, 0.2) is 46.9 Å². The molecule has 0 saturated heterocycles. The second kappa shape index (κ2) is 5.43. The third kappa shape index (κ3) is 2.49. The zero-order chi connectivity index (χ0) is 17.9. The molecule has 0 aliphatic carbocycles. The average molecular weight is 394 g/mol. The van der Waals surface area contributed by atoms with Crippen molar-refractivity contribution in [3.05, 3.63) is 69.2 Å². The number of amides is 1. The van der Waals surface area contributed by atoms with Crippen LogP contribution in [0.3, 0.4) is 0 Å². The normalized spacial score (nSPS) is 19.2. The van der Waals surface area contributed by atoms with E-state index in [4.69, 9.17) is 0 Å². The van der Waals surface area contributed by atoms with Gasteiger partial charge in [0.1, 0.15) is 0 Å². The summed E-state index contributed by atoms with van der Waals surface area (Å²) in [6.45, 7) is 8.42. The molecule has 0 N–H and O–H groups in total. The molecule has 2 nitrogen and oxygen atoms in total. The molecule has 25 heavy (non-hydrogen) atoms. The van der Waals surface area contributed by atoms with Crippen molar-refractivity contribution in [2.75, 3.05) is 4.90 Å². The van der Waals surface area contributed by atoms with Crippen LogP contribution in [-0.2, 0) is 4.79 Å². The summed E-state index contributed by atoms with van der Waals surface area (Å²) in [4.78, 5) is 15.3. The summed E-state index contributed by atoms with van der Waals surface area (Å²) in [6, 6.07) is 12.4. The van der Waals surface area contributed by atoms with Crippen LogP contribution >= 0.6 is 15.9 Å². The maximum Gasteiger partial charge on any atom is 0.259 e. The molecule has 0 bridgehead atoms. The first-order valence-electron chi connectivity index (χ1n) is 8.44.